The van der Waals surface area contributed by atoms with Crippen LogP contribution in [0.2, 0.25) is 0 Å². The highest BCUT2D eigenvalue weighted by molar-refractivity contribution is 9.11. The molecule has 12 heteroatoms. The van der Waals surface area contributed by atoms with Gasteiger partial charge >= 0.3 is 11.4 Å². The maximum Gasteiger partial charge on any atom is 0.313 e. The minimum Gasteiger partial charge on any atom is -0.502 e. The van der Waals surface area contributed by atoms with Gasteiger partial charge in [0.25, 0.3) is 0 Å². The number of ether oxygens (including phenoxy) is 2. The van der Waals surface area contributed by atoms with E-state index in [0.29, 0.717) is 16.0 Å². The Labute approximate surface area is 163 Å². The molecule has 0 bridgehead atoms. The highest BCUT2D eigenvalue weighted by Crippen LogP contribution is 2.45. The summed E-state index contributed by atoms with van der Waals surface area (Å²) in [5.41, 5.74) is -0.708. The van der Waals surface area contributed by atoms with Gasteiger partial charge < -0.3 is 19.7 Å². The molecule has 0 spiro atoms. The van der Waals surface area contributed by atoms with E-state index in [0.717, 1.165) is 0 Å². The van der Waals surface area contributed by atoms with E-state index in [4.69, 9.17) is 14.6 Å². The number of phenolic OH excluding ortho intramolecular Hbond substituents is 2. The van der Waals surface area contributed by atoms with Crippen LogP contribution in [0.1, 0.15) is 0 Å². The van der Waals surface area contributed by atoms with Gasteiger partial charge in [0.05, 0.1) is 28.5 Å². The van der Waals surface area contributed by atoms with E-state index < -0.39 is 15.6 Å². The van der Waals surface area contributed by atoms with Crippen LogP contribution in [-0.2, 0) is 0 Å². The molecule has 0 fully saturated rings. The summed E-state index contributed by atoms with van der Waals surface area (Å²) in [4.78, 5) is 19.4. The average molecular weight is 496 g/mol. The molecular formula is C14H12Br2N2O8. The van der Waals surface area contributed by atoms with Crippen molar-refractivity contribution in [2.75, 3.05) is 14.2 Å². The van der Waals surface area contributed by atoms with Gasteiger partial charge in [0.1, 0.15) is 10.2 Å². The maximum absolute atomic E-state index is 10.5. The molecule has 2 aromatic carbocycles. The van der Waals surface area contributed by atoms with Gasteiger partial charge in [0, 0.05) is 18.2 Å². The van der Waals surface area contributed by atoms with Gasteiger partial charge in [-0.05, 0) is 37.9 Å². The number of hydrogen-bond acceptors (Lipinski definition) is 8. The van der Waals surface area contributed by atoms with E-state index in [1.807, 2.05) is 0 Å². The molecule has 0 atom stereocenters. The smallest absolute Gasteiger partial charge is 0.313 e. The highest BCUT2D eigenvalue weighted by Gasteiger charge is 2.22. The number of nitro groups is 2. The van der Waals surface area contributed by atoms with Gasteiger partial charge in [-0.2, -0.15) is 0 Å². The normalized spacial score (nSPS) is 9.69. The first-order chi connectivity index (χ1) is 12.1. The lowest BCUT2D eigenvalue weighted by molar-refractivity contribution is -0.386. The molecule has 0 radical (unpaired) electrons. The molecule has 0 heterocycles. The molecule has 26 heavy (non-hydrogen) atoms. The second kappa shape index (κ2) is 9.20. The van der Waals surface area contributed by atoms with Crippen LogP contribution in [0.5, 0.6) is 23.0 Å². The Morgan fingerprint density at radius 3 is 1.96 bits per heavy atom. The van der Waals surface area contributed by atoms with Crippen molar-refractivity contribution in [2.24, 2.45) is 0 Å². The van der Waals surface area contributed by atoms with E-state index in [-0.39, 0.29) is 21.6 Å². The third-order valence-electron chi connectivity index (χ3n) is 2.91. The molecule has 2 N–H and O–H groups in total. The summed E-state index contributed by atoms with van der Waals surface area (Å²) in [7, 11) is 2.82. The average Bonchev–Trinajstić information content (AvgIpc) is 2.58. The van der Waals surface area contributed by atoms with Crippen LogP contribution in [-0.4, -0.2) is 34.3 Å². The molecule has 2 aromatic rings. The standard InChI is InChI=1S/C7H5Br2NO4.C7H7NO4/c1-14-7-3(8)2-4(10(12)13)6(11)5(7)9;1-12-5-2-3-6(8(10)11)7(9)4-5/h2,11H,1H3;2-4,9H,1H3. The van der Waals surface area contributed by atoms with Crippen LogP contribution in [0.25, 0.3) is 0 Å². The molecule has 0 aromatic heterocycles. The molecule has 0 aliphatic rings. The van der Waals surface area contributed by atoms with Crippen molar-refractivity contribution in [1.29, 1.82) is 0 Å². The molecule has 0 saturated heterocycles. The summed E-state index contributed by atoms with van der Waals surface area (Å²) >= 11 is 6.09. The molecule has 0 aliphatic carbocycles. The predicted molar refractivity (Wildman–Crippen MR) is 98.0 cm³/mol. The van der Waals surface area contributed by atoms with E-state index >= 15 is 0 Å². The van der Waals surface area contributed by atoms with Crippen molar-refractivity contribution < 1.29 is 29.5 Å². The van der Waals surface area contributed by atoms with Crippen LogP contribution >= 0.6 is 31.9 Å². The van der Waals surface area contributed by atoms with Crippen molar-refractivity contribution in [1.82, 2.24) is 0 Å². The number of nitro benzene ring substituents is 2. The zero-order valence-corrected chi connectivity index (χ0v) is 16.5. The Hall–Kier alpha value is -2.60. The number of rotatable bonds is 4. The SMILES string of the molecule is COc1c(Br)cc([N+](=O)[O-])c(O)c1Br.COc1ccc([N+](=O)[O-])c(O)c1. The lowest BCUT2D eigenvalue weighted by atomic mass is 10.3. The van der Waals surface area contributed by atoms with Crippen molar-refractivity contribution in [2.45, 2.75) is 0 Å². The quantitative estimate of drug-likeness (QED) is 0.475. The minimum atomic E-state index is -0.676. The minimum absolute atomic E-state index is 0.154. The molecule has 2 rings (SSSR count). The van der Waals surface area contributed by atoms with Gasteiger partial charge in [0.15, 0.2) is 11.5 Å². The van der Waals surface area contributed by atoms with E-state index in [2.05, 4.69) is 31.9 Å². The largest absolute Gasteiger partial charge is 0.502 e. The lowest BCUT2D eigenvalue weighted by Crippen LogP contribution is -1.93. The van der Waals surface area contributed by atoms with Crippen molar-refractivity contribution in [3.63, 3.8) is 0 Å². The van der Waals surface area contributed by atoms with Crippen molar-refractivity contribution in [3.05, 3.63) is 53.4 Å². The zero-order chi connectivity index (χ0) is 20.0. The van der Waals surface area contributed by atoms with Gasteiger partial charge in [-0.3, -0.25) is 20.2 Å². The van der Waals surface area contributed by atoms with Crippen LogP contribution in [0, 0.1) is 20.2 Å². The second-order valence-electron chi connectivity index (χ2n) is 4.44. The van der Waals surface area contributed by atoms with E-state index in [9.17, 15) is 25.3 Å². The van der Waals surface area contributed by atoms with Crippen molar-refractivity contribution >= 4 is 43.2 Å². The number of aromatic hydroxyl groups is 2. The Bertz CT molecular complexity index is 844. The monoisotopic (exact) mass is 494 g/mol. The summed E-state index contributed by atoms with van der Waals surface area (Å²) in [5.74, 6) is -0.138. The molecule has 0 amide bonds. The predicted octanol–water partition coefficient (Wildman–Crippen LogP) is 4.14. The summed E-state index contributed by atoms with van der Waals surface area (Å²) in [6.45, 7) is 0. The first-order valence-electron chi connectivity index (χ1n) is 6.54. The van der Waals surface area contributed by atoms with Crippen molar-refractivity contribution in [3.8, 4) is 23.0 Å². The third-order valence-corrected chi connectivity index (χ3v) is 4.24. The molecule has 10 nitrogen and oxygen atoms in total. The first-order valence-corrected chi connectivity index (χ1v) is 8.13. The number of benzene rings is 2. The first kappa shape index (κ1) is 21.4. The fourth-order valence-electron chi connectivity index (χ4n) is 1.69. The Kier molecular flexibility index (Phi) is 7.58. The van der Waals surface area contributed by atoms with Crippen LogP contribution in [0.15, 0.2) is 33.2 Å². The topological polar surface area (TPSA) is 145 Å². The number of methoxy groups -OCH3 is 2. The third kappa shape index (κ3) is 4.95. The van der Waals surface area contributed by atoms with Gasteiger partial charge in [-0.25, -0.2) is 0 Å². The van der Waals surface area contributed by atoms with E-state index in [1.165, 1.54) is 38.5 Å². The number of nitrogens with zero attached hydrogens (tertiary/aromatic N) is 2. The summed E-state index contributed by atoms with van der Waals surface area (Å²) in [5, 5.41) is 39.2. The number of halogens is 2. The fourth-order valence-corrected chi connectivity index (χ4v) is 3.11. The Balaban J connectivity index is 0.000000263. The van der Waals surface area contributed by atoms with Gasteiger partial charge in [-0.1, -0.05) is 0 Å². The maximum atomic E-state index is 10.5. The second-order valence-corrected chi connectivity index (χ2v) is 6.09. The number of phenols is 2. The summed E-state index contributed by atoms with van der Waals surface area (Å²) < 4.78 is 10.2. The molecule has 0 saturated carbocycles. The summed E-state index contributed by atoms with van der Waals surface area (Å²) in [6.07, 6.45) is 0. The van der Waals surface area contributed by atoms with Crippen LogP contribution in [0.3, 0.4) is 0 Å². The summed E-state index contributed by atoms with van der Waals surface area (Å²) in [6, 6.07) is 4.98. The van der Waals surface area contributed by atoms with Gasteiger partial charge in [-0.15, -0.1) is 0 Å². The molecule has 0 aliphatic heterocycles. The highest BCUT2D eigenvalue weighted by atomic mass is 79.9. The van der Waals surface area contributed by atoms with Gasteiger partial charge in [0.2, 0.25) is 5.75 Å². The molecule has 0 unspecified atom stereocenters. The Morgan fingerprint density at radius 2 is 1.54 bits per heavy atom. The zero-order valence-electron chi connectivity index (χ0n) is 13.3. The fraction of sp³-hybridized carbons (Fsp3) is 0.143. The van der Waals surface area contributed by atoms with E-state index in [1.54, 1.807) is 0 Å². The molecular weight excluding hydrogens is 484 g/mol. The Morgan fingerprint density at radius 1 is 0.962 bits per heavy atom. The van der Waals surface area contributed by atoms with Crippen LogP contribution in [0.4, 0.5) is 11.4 Å². The number of hydrogen-bond donors (Lipinski definition) is 2. The lowest BCUT2D eigenvalue weighted by Gasteiger charge is -2.07. The molecule has 140 valence electrons. The van der Waals surface area contributed by atoms with Crippen LogP contribution < -0.4 is 9.47 Å².